The van der Waals surface area contributed by atoms with Crippen LogP contribution in [0.2, 0.25) is 0 Å². The quantitative estimate of drug-likeness (QED) is 0.687. The van der Waals surface area contributed by atoms with Crippen molar-refractivity contribution in [3.8, 4) is 0 Å². The van der Waals surface area contributed by atoms with Gasteiger partial charge in [-0.3, -0.25) is 4.68 Å². The maximum Gasteiger partial charge on any atom is 0.377 e. The van der Waals surface area contributed by atoms with Gasteiger partial charge >= 0.3 is 5.97 Å². The first kappa shape index (κ1) is 13.6. The molecule has 96 valence electrons. The Morgan fingerprint density at radius 2 is 2.18 bits per heavy atom. The molecule has 17 heavy (non-hydrogen) atoms. The molecule has 0 saturated carbocycles. The molecule has 1 heterocycles. The summed E-state index contributed by atoms with van der Waals surface area (Å²) in [6.07, 6.45) is 1.31. The van der Waals surface area contributed by atoms with Gasteiger partial charge in [0.05, 0.1) is 24.7 Å². The van der Waals surface area contributed by atoms with Crippen LogP contribution in [0.1, 0.15) is 24.5 Å². The van der Waals surface area contributed by atoms with Crippen molar-refractivity contribution in [2.45, 2.75) is 25.6 Å². The Kier molecular flexibility index (Phi) is 4.22. The minimum absolute atomic E-state index is 0.0331. The van der Waals surface area contributed by atoms with E-state index in [-0.39, 0.29) is 18.1 Å². The SMILES string of the molecule is COC(=O)c1ncn(CCS(=O)(=O)C(C)C)n1. The van der Waals surface area contributed by atoms with Crippen molar-refractivity contribution in [3.63, 3.8) is 0 Å². The van der Waals surface area contributed by atoms with Crippen molar-refractivity contribution < 1.29 is 17.9 Å². The maximum atomic E-state index is 11.5. The zero-order chi connectivity index (χ0) is 13.1. The number of methoxy groups -OCH3 is 1. The van der Waals surface area contributed by atoms with Crippen LogP contribution in [0.4, 0.5) is 0 Å². The summed E-state index contributed by atoms with van der Waals surface area (Å²) < 4.78 is 28.8. The van der Waals surface area contributed by atoms with Gasteiger partial charge in [0, 0.05) is 0 Å². The molecule has 0 radical (unpaired) electrons. The molecule has 0 spiro atoms. The van der Waals surface area contributed by atoms with Gasteiger partial charge in [-0.2, -0.15) is 0 Å². The van der Waals surface area contributed by atoms with Crippen molar-refractivity contribution in [2.24, 2.45) is 0 Å². The van der Waals surface area contributed by atoms with Gasteiger partial charge in [-0.1, -0.05) is 0 Å². The van der Waals surface area contributed by atoms with Gasteiger partial charge in [-0.15, -0.1) is 5.10 Å². The predicted molar refractivity (Wildman–Crippen MR) is 60.3 cm³/mol. The molecule has 0 aromatic carbocycles. The van der Waals surface area contributed by atoms with Crippen LogP contribution in [0.5, 0.6) is 0 Å². The lowest BCUT2D eigenvalue weighted by atomic mass is 10.6. The molecule has 0 bridgehead atoms. The highest BCUT2D eigenvalue weighted by atomic mass is 32.2. The zero-order valence-electron chi connectivity index (χ0n) is 9.95. The van der Waals surface area contributed by atoms with Crippen LogP contribution in [0.25, 0.3) is 0 Å². The fraction of sp³-hybridized carbons (Fsp3) is 0.667. The van der Waals surface area contributed by atoms with Gasteiger partial charge < -0.3 is 4.74 Å². The number of carbonyl (C=O) groups is 1. The molecule has 1 rings (SSSR count). The number of aryl methyl sites for hydroxylation is 1. The third-order valence-corrected chi connectivity index (χ3v) is 4.42. The largest absolute Gasteiger partial charge is 0.463 e. The molecular weight excluding hydrogens is 246 g/mol. The second-order valence-electron chi connectivity index (χ2n) is 3.74. The average Bonchev–Trinajstić information content (AvgIpc) is 2.74. The number of ether oxygens (including phenoxy) is 1. The van der Waals surface area contributed by atoms with E-state index in [2.05, 4.69) is 14.8 Å². The van der Waals surface area contributed by atoms with E-state index in [1.54, 1.807) is 13.8 Å². The highest BCUT2D eigenvalue weighted by molar-refractivity contribution is 7.91. The normalized spacial score (nSPS) is 11.8. The Morgan fingerprint density at radius 3 is 2.71 bits per heavy atom. The predicted octanol–water partition coefficient (Wildman–Crippen LogP) is -0.112. The fourth-order valence-corrected chi connectivity index (χ4v) is 1.96. The van der Waals surface area contributed by atoms with Gasteiger partial charge in [0.15, 0.2) is 9.84 Å². The molecule has 1 aromatic rings. The molecule has 7 nitrogen and oxygen atoms in total. The molecule has 8 heteroatoms. The monoisotopic (exact) mass is 261 g/mol. The highest BCUT2D eigenvalue weighted by Crippen LogP contribution is 2.02. The standard InChI is InChI=1S/C9H15N3O4S/c1-7(2)17(14,15)5-4-12-6-10-8(11-12)9(13)16-3/h6-7H,4-5H2,1-3H3. The van der Waals surface area contributed by atoms with E-state index in [1.165, 1.54) is 18.1 Å². The molecule has 0 N–H and O–H groups in total. The molecule has 0 aliphatic heterocycles. The van der Waals surface area contributed by atoms with Crippen LogP contribution < -0.4 is 0 Å². The summed E-state index contributed by atoms with van der Waals surface area (Å²) in [7, 11) is -1.89. The Balaban J connectivity index is 2.65. The van der Waals surface area contributed by atoms with Crippen LogP contribution >= 0.6 is 0 Å². The Bertz CT molecular complexity index is 492. The summed E-state index contributed by atoms with van der Waals surface area (Å²) in [5.74, 6) is -0.751. The number of rotatable bonds is 5. The second kappa shape index (κ2) is 5.26. The molecule has 0 atom stereocenters. The van der Waals surface area contributed by atoms with Gasteiger partial charge in [0.1, 0.15) is 6.33 Å². The van der Waals surface area contributed by atoms with Crippen molar-refractivity contribution in [1.82, 2.24) is 14.8 Å². The van der Waals surface area contributed by atoms with E-state index in [0.717, 1.165) is 0 Å². The lowest BCUT2D eigenvalue weighted by Crippen LogP contribution is -2.21. The maximum absolute atomic E-state index is 11.5. The topological polar surface area (TPSA) is 91.1 Å². The Hall–Kier alpha value is -1.44. The third kappa shape index (κ3) is 3.52. The van der Waals surface area contributed by atoms with Crippen LogP contribution in [0.15, 0.2) is 6.33 Å². The van der Waals surface area contributed by atoms with Crippen molar-refractivity contribution >= 4 is 15.8 Å². The van der Waals surface area contributed by atoms with E-state index in [9.17, 15) is 13.2 Å². The first-order valence-electron chi connectivity index (χ1n) is 5.06. The second-order valence-corrected chi connectivity index (χ2v) is 6.42. The Morgan fingerprint density at radius 1 is 1.53 bits per heavy atom. The summed E-state index contributed by atoms with van der Waals surface area (Å²) in [5, 5.41) is 3.39. The third-order valence-electron chi connectivity index (χ3n) is 2.23. The zero-order valence-corrected chi connectivity index (χ0v) is 10.8. The van der Waals surface area contributed by atoms with Crippen LogP contribution in [-0.4, -0.2) is 47.3 Å². The van der Waals surface area contributed by atoms with Crippen molar-refractivity contribution in [2.75, 3.05) is 12.9 Å². The number of aromatic nitrogens is 3. The lowest BCUT2D eigenvalue weighted by Gasteiger charge is -2.06. The molecule has 0 saturated heterocycles. The van der Waals surface area contributed by atoms with E-state index >= 15 is 0 Å². The summed E-state index contributed by atoms with van der Waals surface area (Å²) in [5.41, 5.74) is 0. The van der Waals surface area contributed by atoms with E-state index in [0.29, 0.717) is 0 Å². The summed E-state index contributed by atoms with van der Waals surface area (Å²) >= 11 is 0. The first-order valence-corrected chi connectivity index (χ1v) is 6.77. The average molecular weight is 261 g/mol. The number of sulfone groups is 1. The number of carbonyl (C=O) groups excluding carboxylic acids is 1. The van der Waals surface area contributed by atoms with Gasteiger partial charge in [-0.05, 0) is 13.8 Å². The first-order chi connectivity index (χ1) is 7.86. The molecule has 0 aliphatic carbocycles. The molecule has 1 aromatic heterocycles. The molecule has 0 unspecified atom stereocenters. The molecule has 0 amide bonds. The summed E-state index contributed by atoms with van der Waals surface area (Å²) in [4.78, 5) is 14.8. The van der Waals surface area contributed by atoms with Crippen LogP contribution in [0.3, 0.4) is 0 Å². The smallest absolute Gasteiger partial charge is 0.377 e. The van der Waals surface area contributed by atoms with Crippen LogP contribution in [0, 0.1) is 0 Å². The van der Waals surface area contributed by atoms with E-state index < -0.39 is 21.1 Å². The van der Waals surface area contributed by atoms with Gasteiger partial charge in [0.25, 0.3) is 5.82 Å². The van der Waals surface area contributed by atoms with Gasteiger partial charge in [0.2, 0.25) is 0 Å². The lowest BCUT2D eigenvalue weighted by molar-refractivity contribution is 0.0586. The minimum atomic E-state index is -3.12. The number of nitrogens with zero attached hydrogens (tertiary/aromatic N) is 3. The number of hydrogen-bond donors (Lipinski definition) is 0. The number of hydrogen-bond acceptors (Lipinski definition) is 6. The molecule has 0 aliphatic rings. The van der Waals surface area contributed by atoms with Crippen molar-refractivity contribution in [3.05, 3.63) is 12.2 Å². The fourth-order valence-electron chi connectivity index (χ4n) is 1.04. The molecular formula is C9H15N3O4S. The van der Waals surface area contributed by atoms with E-state index in [4.69, 9.17) is 0 Å². The Labute approximate surface area is 99.7 Å². The molecule has 0 fully saturated rings. The van der Waals surface area contributed by atoms with Gasteiger partial charge in [-0.25, -0.2) is 18.2 Å². The van der Waals surface area contributed by atoms with E-state index in [1.807, 2.05) is 0 Å². The van der Waals surface area contributed by atoms with Crippen LogP contribution in [-0.2, 0) is 21.1 Å². The summed E-state index contributed by atoms with van der Waals surface area (Å²) in [6.45, 7) is 3.41. The summed E-state index contributed by atoms with van der Waals surface area (Å²) in [6, 6.07) is 0. The number of esters is 1. The minimum Gasteiger partial charge on any atom is -0.463 e. The highest BCUT2D eigenvalue weighted by Gasteiger charge is 2.17. The van der Waals surface area contributed by atoms with Crippen molar-refractivity contribution in [1.29, 1.82) is 0 Å².